The van der Waals surface area contributed by atoms with Gasteiger partial charge in [0, 0.05) is 12.1 Å². The van der Waals surface area contributed by atoms with Gasteiger partial charge in [-0.3, -0.25) is 15.5 Å². The van der Waals surface area contributed by atoms with Crippen LogP contribution in [0.2, 0.25) is 0 Å². The van der Waals surface area contributed by atoms with Crippen molar-refractivity contribution in [2.24, 2.45) is 5.10 Å². The summed E-state index contributed by atoms with van der Waals surface area (Å²) in [5, 5.41) is 14.6. The summed E-state index contributed by atoms with van der Waals surface area (Å²) in [6, 6.07) is 15.8. The molecule has 0 amide bonds. The molecular formula is C13H11N3O2. The van der Waals surface area contributed by atoms with Crippen molar-refractivity contribution < 1.29 is 4.92 Å². The van der Waals surface area contributed by atoms with Gasteiger partial charge in [0.15, 0.2) is 0 Å². The largest absolute Gasteiger partial charge is 0.278 e. The Bertz CT molecular complexity index is 567. The third kappa shape index (κ3) is 3.15. The first kappa shape index (κ1) is 11.8. The van der Waals surface area contributed by atoms with Crippen LogP contribution in [0.4, 0.5) is 11.4 Å². The van der Waals surface area contributed by atoms with E-state index in [9.17, 15) is 10.1 Å². The topological polar surface area (TPSA) is 67.5 Å². The molecule has 2 aromatic rings. The van der Waals surface area contributed by atoms with Gasteiger partial charge in [0.2, 0.25) is 0 Å². The van der Waals surface area contributed by atoms with E-state index in [0.29, 0.717) is 5.69 Å². The Morgan fingerprint density at radius 2 is 1.89 bits per heavy atom. The van der Waals surface area contributed by atoms with Crippen LogP contribution in [0, 0.1) is 10.1 Å². The van der Waals surface area contributed by atoms with Gasteiger partial charge >= 0.3 is 0 Å². The van der Waals surface area contributed by atoms with E-state index in [1.807, 2.05) is 30.3 Å². The number of nitro benzene ring substituents is 1. The highest BCUT2D eigenvalue weighted by atomic mass is 16.6. The molecule has 2 rings (SSSR count). The van der Waals surface area contributed by atoms with E-state index in [4.69, 9.17) is 0 Å². The number of hydrazone groups is 1. The van der Waals surface area contributed by atoms with Crippen molar-refractivity contribution in [3.8, 4) is 0 Å². The van der Waals surface area contributed by atoms with Gasteiger partial charge in [0.1, 0.15) is 0 Å². The Morgan fingerprint density at radius 3 is 2.61 bits per heavy atom. The van der Waals surface area contributed by atoms with E-state index in [-0.39, 0.29) is 5.69 Å². The summed E-state index contributed by atoms with van der Waals surface area (Å²) >= 11 is 0. The Balaban J connectivity index is 2.04. The number of non-ortho nitro benzene ring substituents is 1. The molecule has 0 aliphatic rings. The Hall–Kier alpha value is -2.69. The average Bonchev–Trinajstić information content (AvgIpc) is 2.40. The molecule has 0 radical (unpaired) electrons. The van der Waals surface area contributed by atoms with Gasteiger partial charge in [-0.1, -0.05) is 36.4 Å². The minimum absolute atomic E-state index is 0.0370. The third-order valence-electron chi connectivity index (χ3n) is 2.26. The van der Waals surface area contributed by atoms with Crippen molar-refractivity contribution in [1.82, 2.24) is 0 Å². The molecule has 18 heavy (non-hydrogen) atoms. The maximum Gasteiger partial charge on any atom is 0.271 e. The lowest BCUT2D eigenvalue weighted by molar-refractivity contribution is -0.384. The van der Waals surface area contributed by atoms with Gasteiger partial charge in [-0.2, -0.15) is 5.10 Å². The van der Waals surface area contributed by atoms with Crippen molar-refractivity contribution in [1.29, 1.82) is 0 Å². The molecule has 5 nitrogen and oxygen atoms in total. The fourth-order valence-electron chi connectivity index (χ4n) is 1.41. The van der Waals surface area contributed by atoms with Gasteiger partial charge < -0.3 is 0 Å². The zero-order valence-corrected chi connectivity index (χ0v) is 9.48. The first-order valence-corrected chi connectivity index (χ1v) is 5.34. The van der Waals surface area contributed by atoms with E-state index < -0.39 is 4.92 Å². The van der Waals surface area contributed by atoms with Crippen LogP contribution < -0.4 is 5.43 Å². The molecule has 0 saturated heterocycles. The van der Waals surface area contributed by atoms with Crippen molar-refractivity contribution in [2.45, 2.75) is 0 Å². The molecule has 0 atom stereocenters. The molecular weight excluding hydrogens is 230 g/mol. The van der Waals surface area contributed by atoms with Gasteiger partial charge in [0.05, 0.1) is 16.8 Å². The third-order valence-corrected chi connectivity index (χ3v) is 2.26. The van der Waals surface area contributed by atoms with E-state index in [1.54, 1.807) is 18.3 Å². The van der Waals surface area contributed by atoms with Gasteiger partial charge in [-0.05, 0) is 11.6 Å². The molecule has 0 spiro atoms. The number of hydrogen-bond donors (Lipinski definition) is 1. The Labute approximate surface area is 104 Å². The Morgan fingerprint density at radius 1 is 1.11 bits per heavy atom. The summed E-state index contributed by atoms with van der Waals surface area (Å²) in [5.41, 5.74) is 4.32. The minimum Gasteiger partial charge on any atom is -0.278 e. The highest BCUT2D eigenvalue weighted by Gasteiger charge is 2.04. The van der Waals surface area contributed by atoms with E-state index >= 15 is 0 Å². The first-order chi connectivity index (χ1) is 8.75. The van der Waals surface area contributed by atoms with Crippen LogP contribution in [-0.4, -0.2) is 11.1 Å². The molecule has 0 heterocycles. The maximum atomic E-state index is 10.6. The molecule has 0 aromatic heterocycles. The molecule has 5 heteroatoms. The number of rotatable bonds is 4. The molecule has 0 aliphatic heterocycles. The van der Waals surface area contributed by atoms with Crippen LogP contribution in [0.1, 0.15) is 5.56 Å². The van der Waals surface area contributed by atoms with Crippen molar-refractivity contribution >= 4 is 17.6 Å². The zero-order chi connectivity index (χ0) is 12.8. The maximum absolute atomic E-state index is 10.6. The van der Waals surface area contributed by atoms with Crippen LogP contribution >= 0.6 is 0 Å². The fraction of sp³-hybridized carbons (Fsp3) is 0. The summed E-state index contributed by atoms with van der Waals surface area (Å²) in [7, 11) is 0. The van der Waals surface area contributed by atoms with E-state index in [2.05, 4.69) is 10.5 Å². The standard InChI is InChI=1S/C13H11N3O2/c17-16(18)13-8-4-7-12(9-13)15-14-10-11-5-2-1-3-6-11/h1-10,15H/b14-10+. The monoisotopic (exact) mass is 241 g/mol. The average molecular weight is 241 g/mol. The summed E-state index contributed by atoms with van der Waals surface area (Å²) in [5.74, 6) is 0. The molecule has 0 aliphatic carbocycles. The molecule has 0 unspecified atom stereocenters. The second-order valence-electron chi connectivity index (χ2n) is 3.59. The Kier molecular flexibility index (Phi) is 3.66. The summed E-state index contributed by atoms with van der Waals surface area (Å²) in [4.78, 5) is 10.1. The van der Waals surface area contributed by atoms with Gasteiger partial charge in [0.25, 0.3) is 5.69 Å². The normalized spacial score (nSPS) is 10.4. The summed E-state index contributed by atoms with van der Waals surface area (Å²) in [6.07, 6.45) is 1.65. The lowest BCUT2D eigenvalue weighted by Gasteiger charge is -1.99. The van der Waals surface area contributed by atoms with E-state index in [0.717, 1.165) is 5.56 Å². The van der Waals surface area contributed by atoms with Crippen LogP contribution in [0.15, 0.2) is 59.7 Å². The van der Waals surface area contributed by atoms with Crippen LogP contribution in [0.25, 0.3) is 0 Å². The lowest BCUT2D eigenvalue weighted by atomic mass is 10.2. The van der Waals surface area contributed by atoms with Crippen molar-refractivity contribution in [3.63, 3.8) is 0 Å². The van der Waals surface area contributed by atoms with Crippen molar-refractivity contribution in [2.75, 3.05) is 5.43 Å². The highest BCUT2D eigenvalue weighted by molar-refractivity contribution is 5.80. The number of anilines is 1. The molecule has 2 aromatic carbocycles. The summed E-state index contributed by atoms with van der Waals surface area (Å²) in [6.45, 7) is 0. The summed E-state index contributed by atoms with van der Waals surface area (Å²) < 4.78 is 0. The number of nitrogens with zero attached hydrogens (tertiary/aromatic N) is 2. The predicted octanol–water partition coefficient (Wildman–Crippen LogP) is 3.04. The highest BCUT2D eigenvalue weighted by Crippen LogP contribution is 2.16. The number of benzene rings is 2. The number of nitrogens with one attached hydrogen (secondary N) is 1. The van der Waals surface area contributed by atoms with Gasteiger partial charge in [-0.15, -0.1) is 0 Å². The van der Waals surface area contributed by atoms with E-state index in [1.165, 1.54) is 12.1 Å². The second kappa shape index (κ2) is 5.58. The molecule has 1 N–H and O–H groups in total. The quantitative estimate of drug-likeness (QED) is 0.508. The first-order valence-electron chi connectivity index (χ1n) is 5.34. The number of hydrogen-bond acceptors (Lipinski definition) is 4. The smallest absolute Gasteiger partial charge is 0.271 e. The molecule has 0 saturated carbocycles. The van der Waals surface area contributed by atoms with Crippen LogP contribution in [0.3, 0.4) is 0 Å². The van der Waals surface area contributed by atoms with Crippen molar-refractivity contribution in [3.05, 3.63) is 70.3 Å². The second-order valence-corrected chi connectivity index (χ2v) is 3.59. The predicted molar refractivity (Wildman–Crippen MR) is 70.8 cm³/mol. The molecule has 0 fully saturated rings. The molecule has 0 bridgehead atoms. The fourth-order valence-corrected chi connectivity index (χ4v) is 1.41. The van der Waals surface area contributed by atoms with Crippen LogP contribution in [-0.2, 0) is 0 Å². The minimum atomic E-state index is -0.438. The molecule has 90 valence electrons. The van der Waals surface area contributed by atoms with Crippen LogP contribution in [0.5, 0.6) is 0 Å². The number of nitro groups is 1. The lowest BCUT2D eigenvalue weighted by Crippen LogP contribution is -1.92. The van der Waals surface area contributed by atoms with Gasteiger partial charge in [-0.25, -0.2) is 0 Å². The zero-order valence-electron chi connectivity index (χ0n) is 9.48. The SMILES string of the molecule is O=[N+]([O-])c1cccc(N/N=C/c2ccccc2)c1.